The van der Waals surface area contributed by atoms with Gasteiger partial charge >= 0.3 is 6.61 Å². The molecular weight excluding hydrogens is 354 g/mol. The molecule has 160 valence electrons. The lowest BCUT2D eigenvalue weighted by molar-refractivity contribution is -0.0498. The van der Waals surface area contributed by atoms with Crippen molar-refractivity contribution >= 4 is 0 Å². The first kappa shape index (κ1) is 23.2. The molecule has 1 aliphatic carbocycles. The van der Waals surface area contributed by atoms with Crippen molar-refractivity contribution in [2.24, 2.45) is 11.8 Å². The Kier molecular flexibility index (Phi) is 11.5. The monoisotopic (exact) mass is 394 g/mol. The van der Waals surface area contributed by atoms with Gasteiger partial charge in [0.15, 0.2) is 0 Å². The SMILES string of the molecule is CCCCCCCCCCC1CCC(CCc2ccc(OC(F)F)cc2)CC1. The van der Waals surface area contributed by atoms with Crippen LogP contribution in [0.3, 0.4) is 0 Å². The largest absolute Gasteiger partial charge is 0.435 e. The minimum atomic E-state index is -2.74. The molecule has 0 aromatic heterocycles. The van der Waals surface area contributed by atoms with Crippen LogP contribution >= 0.6 is 0 Å². The summed E-state index contributed by atoms with van der Waals surface area (Å²) < 4.78 is 28.8. The molecule has 0 radical (unpaired) electrons. The van der Waals surface area contributed by atoms with Gasteiger partial charge in [-0.1, -0.05) is 103 Å². The van der Waals surface area contributed by atoms with E-state index in [0.29, 0.717) is 0 Å². The number of aryl methyl sites for hydroxylation is 1. The van der Waals surface area contributed by atoms with E-state index in [9.17, 15) is 8.78 Å². The second kappa shape index (κ2) is 14.0. The van der Waals surface area contributed by atoms with E-state index in [4.69, 9.17) is 0 Å². The predicted molar refractivity (Wildman–Crippen MR) is 114 cm³/mol. The third-order valence-electron chi connectivity index (χ3n) is 6.42. The third-order valence-corrected chi connectivity index (χ3v) is 6.42. The van der Waals surface area contributed by atoms with E-state index < -0.39 is 6.61 Å². The van der Waals surface area contributed by atoms with E-state index in [1.165, 1.54) is 95.5 Å². The third kappa shape index (κ3) is 9.89. The topological polar surface area (TPSA) is 9.23 Å². The predicted octanol–water partition coefficient (Wildman–Crippen LogP) is 8.56. The maximum Gasteiger partial charge on any atom is 0.387 e. The highest BCUT2D eigenvalue weighted by Gasteiger charge is 2.20. The minimum Gasteiger partial charge on any atom is -0.435 e. The second-order valence-electron chi connectivity index (χ2n) is 8.71. The molecule has 0 unspecified atom stereocenters. The number of benzene rings is 1. The fourth-order valence-electron chi connectivity index (χ4n) is 4.58. The normalized spacial score (nSPS) is 19.9. The van der Waals surface area contributed by atoms with Crippen LogP contribution < -0.4 is 4.74 Å². The lowest BCUT2D eigenvalue weighted by atomic mass is 9.77. The van der Waals surface area contributed by atoms with Gasteiger partial charge < -0.3 is 4.74 Å². The summed E-state index contributed by atoms with van der Waals surface area (Å²) in [5.41, 5.74) is 1.22. The molecule has 0 spiro atoms. The summed E-state index contributed by atoms with van der Waals surface area (Å²) >= 11 is 0. The van der Waals surface area contributed by atoms with Gasteiger partial charge in [0.05, 0.1) is 0 Å². The quantitative estimate of drug-likeness (QED) is 0.287. The van der Waals surface area contributed by atoms with Crippen LogP contribution in [0.4, 0.5) is 8.78 Å². The van der Waals surface area contributed by atoms with Crippen molar-refractivity contribution in [2.75, 3.05) is 0 Å². The molecular formula is C25H40F2O. The van der Waals surface area contributed by atoms with E-state index in [-0.39, 0.29) is 5.75 Å². The van der Waals surface area contributed by atoms with Gasteiger partial charge in [-0.15, -0.1) is 0 Å². The Labute approximate surface area is 171 Å². The Balaban J connectivity index is 1.50. The number of alkyl halides is 2. The van der Waals surface area contributed by atoms with E-state index in [0.717, 1.165) is 18.3 Å². The summed E-state index contributed by atoms with van der Waals surface area (Å²) in [5.74, 6) is 2.05. The molecule has 1 aliphatic rings. The molecule has 1 fully saturated rings. The average molecular weight is 395 g/mol. The molecule has 1 saturated carbocycles. The summed E-state index contributed by atoms with van der Waals surface area (Å²) in [6.07, 6.45) is 20.6. The first-order valence-corrected chi connectivity index (χ1v) is 11.7. The summed E-state index contributed by atoms with van der Waals surface area (Å²) in [6, 6.07) is 7.15. The van der Waals surface area contributed by atoms with Gasteiger partial charge in [0.25, 0.3) is 0 Å². The molecule has 1 nitrogen and oxygen atoms in total. The summed E-state index contributed by atoms with van der Waals surface area (Å²) in [7, 11) is 0. The molecule has 0 aliphatic heterocycles. The van der Waals surface area contributed by atoms with Crippen molar-refractivity contribution in [3.05, 3.63) is 29.8 Å². The van der Waals surface area contributed by atoms with Crippen LogP contribution in [-0.4, -0.2) is 6.61 Å². The molecule has 1 aromatic rings. The summed E-state index contributed by atoms with van der Waals surface area (Å²) in [4.78, 5) is 0. The van der Waals surface area contributed by atoms with E-state index in [1.54, 1.807) is 12.1 Å². The first-order valence-electron chi connectivity index (χ1n) is 11.7. The number of ether oxygens (including phenoxy) is 1. The van der Waals surface area contributed by atoms with E-state index in [2.05, 4.69) is 11.7 Å². The molecule has 1 aromatic carbocycles. The number of unbranched alkanes of at least 4 members (excludes halogenated alkanes) is 7. The second-order valence-corrected chi connectivity index (χ2v) is 8.71. The van der Waals surface area contributed by atoms with Crippen LogP contribution in [0.25, 0.3) is 0 Å². The summed E-state index contributed by atoms with van der Waals surface area (Å²) in [6.45, 7) is -0.466. The number of hydrogen-bond donors (Lipinski definition) is 0. The molecule has 0 heterocycles. The zero-order chi connectivity index (χ0) is 20.0. The lowest BCUT2D eigenvalue weighted by Crippen LogP contribution is -2.15. The maximum atomic E-state index is 12.2. The fraction of sp³-hybridized carbons (Fsp3) is 0.760. The highest BCUT2D eigenvalue weighted by atomic mass is 19.3. The Hall–Kier alpha value is -1.12. The first-order chi connectivity index (χ1) is 13.7. The van der Waals surface area contributed by atoms with Gasteiger partial charge in [0.2, 0.25) is 0 Å². The van der Waals surface area contributed by atoms with Gasteiger partial charge in [-0.05, 0) is 42.4 Å². The molecule has 0 bridgehead atoms. The number of rotatable bonds is 14. The van der Waals surface area contributed by atoms with E-state index in [1.807, 2.05) is 12.1 Å². The van der Waals surface area contributed by atoms with Gasteiger partial charge in [0.1, 0.15) is 5.75 Å². The smallest absolute Gasteiger partial charge is 0.387 e. The van der Waals surface area contributed by atoms with Crippen LogP contribution in [0, 0.1) is 11.8 Å². The fourth-order valence-corrected chi connectivity index (χ4v) is 4.58. The van der Waals surface area contributed by atoms with Gasteiger partial charge in [-0.25, -0.2) is 0 Å². The molecule has 28 heavy (non-hydrogen) atoms. The zero-order valence-corrected chi connectivity index (χ0v) is 17.8. The maximum absolute atomic E-state index is 12.2. The van der Waals surface area contributed by atoms with Crippen LogP contribution in [0.15, 0.2) is 24.3 Å². The molecule has 0 atom stereocenters. The number of halogens is 2. The standard InChI is InChI=1S/C25H40F2O/c1-2-3-4-5-6-7-8-9-10-21-11-13-22(14-12-21)15-16-23-17-19-24(20-18-23)28-25(26)27/h17-22,25H,2-16H2,1H3. The average Bonchev–Trinajstić information content (AvgIpc) is 2.70. The van der Waals surface area contributed by atoms with Gasteiger partial charge in [-0.3, -0.25) is 0 Å². The minimum absolute atomic E-state index is 0.250. The molecule has 2 rings (SSSR count). The van der Waals surface area contributed by atoms with Crippen molar-refractivity contribution < 1.29 is 13.5 Å². The highest BCUT2D eigenvalue weighted by Crippen LogP contribution is 2.34. The Bertz CT molecular complexity index is 492. The van der Waals surface area contributed by atoms with Crippen molar-refractivity contribution in [2.45, 2.75) is 110 Å². The molecule has 3 heteroatoms. The van der Waals surface area contributed by atoms with Crippen molar-refractivity contribution in [1.29, 1.82) is 0 Å². The lowest BCUT2D eigenvalue weighted by Gasteiger charge is -2.28. The highest BCUT2D eigenvalue weighted by molar-refractivity contribution is 5.27. The van der Waals surface area contributed by atoms with Crippen LogP contribution in [0.5, 0.6) is 5.75 Å². The zero-order valence-electron chi connectivity index (χ0n) is 17.8. The van der Waals surface area contributed by atoms with Crippen molar-refractivity contribution in [3.8, 4) is 5.75 Å². The Morgan fingerprint density at radius 1 is 0.786 bits per heavy atom. The van der Waals surface area contributed by atoms with Gasteiger partial charge in [-0.2, -0.15) is 8.78 Å². The van der Waals surface area contributed by atoms with Crippen LogP contribution in [0.1, 0.15) is 102 Å². The molecule has 0 N–H and O–H groups in total. The van der Waals surface area contributed by atoms with Crippen LogP contribution in [0.2, 0.25) is 0 Å². The van der Waals surface area contributed by atoms with Gasteiger partial charge in [0, 0.05) is 0 Å². The van der Waals surface area contributed by atoms with Crippen LogP contribution in [-0.2, 0) is 6.42 Å². The molecule has 0 saturated heterocycles. The number of hydrogen-bond acceptors (Lipinski definition) is 1. The Morgan fingerprint density at radius 2 is 1.32 bits per heavy atom. The van der Waals surface area contributed by atoms with E-state index >= 15 is 0 Å². The molecule has 0 amide bonds. The van der Waals surface area contributed by atoms with Crippen molar-refractivity contribution in [3.63, 3.8) is 0 Å². The van der Waals surface area contributed by atoms with Crippen molar-refractivity contribution in [1.82, 2.24) is 0 Å². The summed E-state index contributed by atoms with van der Waals surface area (Å²) in [5, 5.41) is 0. The Morgan fingerprint density at radius 3 is 1.89 bits per heavy atom.